The van der Waals surface area contributed by atoms with Crippen molar-refractivity contribution in [1.29, 1.82) is 0 Å². The molecule has 2 aromatic heterocycles. The van der Waals surface area contributed by atoms with Crippen LogP contribution in [0.5, 0.6) is 0 Å². The highest BCUT2D eigenvalue weighted by Gasteiger charge is 2.36. The first-order chi connectivity index (χ1) is 12.1. The van der Waals surface area contributed by atoms with Crippen molar-refractivity contribution in [3.8, 4) is 0 Å². The van der Waals surface area contributed by atoms with Crippen LogP contribution in [-0.2, 0) is 11.4 Å². The number of halogens is 4. The molecule has 1 fully saturated rings. The number of pyridine rings is 1. The van der Waals surface area contributed by atoms with E-state index in [1.165, 1.54) is 0 Å². The minimum atomic E-state index is -2.82. The summed E-state index contributed by atoms with van der Waals surface area (Å²) in [6, 6.07) is -0.236. The van der Waals surface area contributed by atoms with E-state index >= 15 is 0 Å². The molecular formula is C17H21ClF3N3OS. The van der Waals surface area contributed by atoms with E-state index in [1.807, 2.05) is 0 Å². The second-order valence-corrected chi connectivity index (χ2v) is 9.88. The molecule has 1 aliphatic rings. The standard InChI is InChI=1S/C17H21ClF3N3OS/c1-17(2,3)26(25)23-13(15(20)21)11-8-24(9-5-4-6-9)16-10(11)7-12(19)14(18)22-16/h7-9,13,15,23H,4-6H2,1-3H3. The van der Waals surface area contributed by atoms with Crippen LogP contribution in [0.25, 0.3) is 11.0 Å². The van der Waals surface area contributed by atoms with E-state index < -0.39 is 34.4 Å². The van der Waals surface area contributed by atoms with E-state index in [0.29, 0.717) is 5.65 Å². The fraction of sp³-hybridized carbons (Fsp3) is 0.588. The van der Waals surface area contributed by atoms with Gasteiger partial charge in [0, 0.05) is 34.6 Å². The third kappa shape index (κ3) is 3.69. The fourth-order valence-corrected chi connectivity index (χ4v) is 3.83. The highest BCUT2D eigenvalue weighted by Crippen LogP contribution is 2.39. The van der Waals surface area contributed by atoms with Gasteiger partial charge in [-0.25, -0.2) is 18.2 Å². The van der Waals surface area contributed by atoms with Gasteiger partial charge in [-0.15, -0.1) is 4.72 Å². The normalized spacial score (nSPS) is 18.3. The zero-order valence-electron chi connectivity index (χ0n) is 14.7. The lowest BCUT2D eigenvalue weighted by Crippen LogP contribution is -2.43. The van der Waals surface area contributed by atoms with Crippen LogP contribution in [0, 0.1) is 5.82 Å². The summed E-state index contributed by atoms with van der Waals surface area (Å²) in [4.78, 5) is 4.07. The summed E-state index contributed by atoms with van der Waals surface area (Å²) in [5, 5.41) is -0.0231. The van der Waals surface area contributed by atoms with Crippen molar-refractivity contribution >= 4 is 34.0 Å². The van der Waals surface area contributed by atoms with Crippen LogP contribution in [0.2, 0.25) is 5.15 Å². The second-order valence-electron chi connectivity index (χ2n) is 7.52. The fourth-order valence-electron chi connectivity index (χ4n) is 2.88. The largest absolute Gasteiger partial charge is 0.598 e. The number of fused-ring (bicyclic) bond motifs is 1. The molecule has 1 aliphatic carbocycles. The van der Waals surface area contributed by atoms with Crippen LogP contribution in [0.3, 0.4) is 0 Å². The maximum atomic E-state index is 14.0. The molecular weight excluding hydrogens is 387 g/mol. The monoisotopic (exact) mass is 407 g/mol. The smallest absolute Gasteiger partial charge is 0.262 e. The van der Waals surface area contributed by atoms with Crippen molar-refractivity contribution in [2.45, 2.75) is 63.3 Å². The van der Waals surface area contributed by atoms with Crippen LogP contribution in [0.15, 0.2) is 12.3 Å². The molecule has 0 radical (unpaired) electrons. The van der Waals surface area contributed by atoms with E-state index in [9.17, 15) is 17.7 Å². The Labute approximate surface area is 158 Å². The Balaban J connectivity index is 2.10. The van der Waals surface area contributed by atoms with Crippen molar-refractivity contribution in [3.05, 3.63) is 28.8 Å². The summed E-state index contributed by atoms with van der Waals surface area (Å²) < 4.78 is 57.5. The van der Waals surface area contributed by atoms with Crippen LogP contribution in [-0.4, -0.2) is 25.3 Å². The van der Waals surface area contributed by atoms with Crippen molar-refractivity contribution in [3.63, 3.8) is 0 Å². The molecule has 9 heteroatoms. The van der Waals surface area contributed by atoms with Crippen LogP contribution in [0.4, 0.5) is 13.2 Å². The average molecular weight is 408 g/mol. The van der Waals surface area contributed by atoms with E-state index in [4.69, 9.17) is 11.6 Å². The first-order valence-electron chi connectivity index (χ1n) is 8.42. The van der Waals surface area contributed by atoms with Crippen molar-refractivity contribution in [1.82, 2.24) is 14.3 Å². The van der Waals surface area contributed by atoms with Crippen molar-refractivity contribution < 1.29 is 17.7 Å². The number of nitrogens with zero attached hydrogens (tertiary/aromatic N) is 2. The highest BCUT2D eigenvalue weighted by molar-refractivity contribution is 7.90. The molecule has 144 valence electrons. The molecule has 0 aliphatic heterocycles. The maximum Gasteiger partial charge on any atom is 0.262 e. The van der Waals surface area contributed by atoms with Crippen molar-refractivity contribution in [2.75, 3.05) is 0 Å². The van der Waals surface area contributed by atoms with Gasteiger partial charge in [0.25, 0.3) is 6.43 Å². The number of aromatic nitrogens is 2. The third-order valence-corrected chi connectivity index (χ3v) is 6.44. The van der Waals surface area contributed by atoms with Gasteiger partial charge in [-0.05, 0) is 46.1 Å². The Morgan fingerprint density at radius 1 is 1.38 bits per heavy atom. The van der Waals surface area contributed by atoms with E-state index in [2.05, 4.69) is 9.71 Å². The number of hydrogen-bond acceptors (Lipinski definition) is 3. The molecule has 1 saturated carbocycles. The van der Waals surface area contributed by atoms with Gasteiger partial charge in [-0.1, -0.05) is 11.6 Å². The SMILES string of the molecule is CC(C)(C)[S+]([O-])NC(c1cn(C2CCC2)c2nc(Cl)c(F)cc12)C(F)F. The van der Waals surface area contributed by atoms with E-state index in [-0.39, 0.29) is 22.1 Å². The van der Waals surface area contributed by atoms with Crippen LogP contribution < -0.4 is 4.72 Å². The van der Waals surface area contributed by atoms with Gasteiger partial charge in [0.05, 0.1) is 0 Å². The molecule has 2 unspecified atom stereocenters. The Morgan fingerprint density at radius 2 is 2.04 bits per heavy atom. The van der Waals surface area contributed by atoms with Crippen LogP contribution in [0.1, 0.15) is 57.7 Å². The lowest BCUT2D eigenvalue weighted by Gasteiger charge is -2.28. The molecule has 0 spiro atoms. The molecule has 0 bridgehead atoms. The third-order valence-electron chi connectivity index (χ3n) is 4.59. The highest BCUT2D eigenvalue weighted by atomic mass is 35.5. The Kier molecular flexibility index (Phi) is 5.50. The van der Waals surface area contributed by atoms with E-state index in [1.54, 1.807) is 31.5 Å². The first kappa shape index (κ1) is 19.8. The summed E-state index contributed by atoms with van der Waals surface area (Å²) in [5.74, 6) is -0.767. The minimum absolute atomic E-state index is 0.131. The lowest BCUT2D eigenvalue weighted by atomic mass is 9.93. The molecule has 1 N–H and O–H groups in total. The zero-order valence-corrected chi connectivity index (χ0v) is 16.3. The Hall–Kier alpha value is -0.960. The predicted octanol–water partition coefficient (Wildman–Crippen LogP) is 4.91. The molecule has 26 heavy (non-hydrogen) atoms. The minimum Gasteiger partial charge on any atom is -0.598 e. The number of rotatable bonds is 5. The average Bonchev–Trinajstić information content (AvgIpc) is 2.80. The Bertz CT molecular complexity index is 805. The quantitative estimate of drug-likeness (QED) is 0.565. The molecule has 0 saturated heterocycles. The number of hydrogen-bond donors (Lipinski definition) is 1. The Morgan fingerprint density at radius 3 is 2.54 bits per heavy atom. The molecule has 0 aromatic carbocycles. The number of alkyl halides is 2. The molecule has 2 atom stereocenters. The molecule has 4 nitrogen and oxygen atoms in total. The molecule has 2 aromatic rings. The molecule has 0 amide bonds. The predicted molar refractivity (Wildman–Crippen MR) is 97.4 cm³/mol. The summed E-state index contributed by atoms with van der Waals surface area (Å²) in [6.07, 6.45) is 1.60. The second kappa shape index (κ2) is 7.22. The van der Waals surface area contributed by atoms with Crippen molar-refractivity contribution in [2.24, 2.45) is 0 Å². The summed E-state index contributed by atoms with van der Waals surface area (Å²) in [5.41, 5.74) is 0.563. The van der Waals surface area contributed by atoms with Gasteiger partial charge >= 0.3 is 0 Å². The molecule has 3 rings (SSSR count). The van der Waals surface area contributed by atoms with E-state index in [0.717, 1.165) is 25.3 Å². The summed E-state index contributed by atoms with van der Waals surface area (Å²) in [7, 11) is 0. The van der Waals surface area contributed by atoms with Gasteiger partial charge in [0.2, 0.25) is 0 Å². The van der Waals surface area contributed by atoms with Gasteiger partial charge in [0.1, 0.15) is 16.4 Å². The van der Waals surface area contributed by atoms with Crippen LogP contribution >= 0.6 is 11.6 Å². The summed E-state index contributed by atoms with van der Waals surface area (Å²) >= 11 is 4.10. The lowest BCUT2D eigenvalue weighted by molar-refractivity contribution is 0.109. The first-order valence-corrected chi connectivity index (χ1v) is 9.95. The van der Waals surface area contributed by atoms with Gasteiger partial charge in [-0.2, -0.15) is 0 Å². The molecule has 2 heterocycles. The van der Waals surface area contributed by atoms with Gasteiger partial charge < -0.3 is 9.12 Å². The summed E-state index contributed by atoms with van der Waals surface area (Å²) in [6.45, 7) is 5.08. The number of nitrogens with one attached hydrogen (secondary N) is 1. The maximum absolute atomic E-state index is 14.0. The van der Waals surface area contributed by atoms with Gasteiger partial charge in [0.15, 0.2) is 11.0 Å². The topological polar surface area (TPSA) is 52.9 Å². The zero-order chi connectivity index (χ0) is 19.2. The van der Waals surface area contributed by atoms with Gasteiger partial charge in [-0.3, -0.25) is 0 Å².